The van der Waals surface area contributed by atoms with Crippen molar-refractivity contribution < 1.29 is 17.9 Å². The molecule has 1 amide bonds. The fraction of sp³-hybridized carbons (Fsp3) is 0.435. The van der Waals surface area contributed by atoms with Gasteiger partial charge in [0.05, 0.1) is 18.0 Å². The highest BCUT2D eigenvalue weighted by molar-refractivity contribution is 7.92. The molecule has 0 unspecified atom stereocenters. The van der Waals surface area contributed by atoms with Crippen LogP contribution < -0.4 is 14.4 Å². The Labute approximate surface area is 180 Å². The van der Waals surface area contributed by atoms with Gasteiger partial charge in [-0.05, 0) is 69.5 Å². The van der Waals surface area contributed by atoms with Gasteiger partial charge in [-0.1, -0.05) is 30.7 Å². The highest BCUT2D eigenvalue weighted by Gasteiger charge is 2.32. The van der Waals surface area contributed by atoms with E-state index < -0.39 is 16.1 Å². The topological polar surface area (TPSA) is 75.7 Å². The first-order valence-electron chi connectivity index (χ1n) is 10.1. The molecule has 0 aliphatic heterocycles. The van der Waals surface area contributed by atoms with E-state index in [1.54, 1.807) is 19.1 Å². The van der Waals surface area contributed by atoms with Crippen LogP contribution in [0.15, 0.2) is 42.5 Å². The maximum absolute atomic E-state index is 13.0. The van der Waals surface area contributed by atoms with Crippen molar-refractivity contribution in [1.29, 1.82) is 0 Å². The fourth-order valence-corrected chi connectivity index (χ4v) is 4.57. The monoisotopic (exact) mass is 432 g/mol. The van der Waals surface area contributed by atoms with Gasteiger partial charge in [0.25, 0.3) is 0 Å². The summed E-state index contributed by atoms with van der Waals surface area (Å²) in [6, 6.07) is 12.1. The average molecular weight is 433 g/mol. The van der Waals surface area contributed by atoms with E-state index in [-0.39, 0.29) is 18.6 Å². The molecule has 0 fully saturated rings. The maximum Gasteiger partial charge on any atom is 0.244 e. The molecule has 2 aromatic carbocycles. The molecule has 7 heteroatoms. The molecule has 2 atom stereocenters. The number of aryl methyl sites for hydroxylation is 3. The number of hydrogen-bond acceptors (Lipinski definition) is 4. The molecule has 0 radical (unpaired) electrons. The van der Waals surface area contributed by atoms with Crippen LogP contribution in [-0.4, -0.2) is 39.3 Å². The van der Waals surface area contributed by atoms with Gasteiger partial charge < -0.3 is 10.1 Å². The normalized spacial score (nSPS) is 13.4. The van der Waals surface area contributed by atoms with E-state index in [0.29, 0.717) is 12.1 Å². The zero-order chi connectivity index (χ0) is 22.5. The van der Waals surface area contributed by atoms with Crippen molar-refractivity contribution in [3.05, 3.63) is 59.2 Å². The highest BCUT2D eigenvalue weighted by atomic mass is 32.2. The van der Waals surface area contributed by atoms with Crippen LogP contribution in [0.5, 0.6) is 5.75 Å². The third-order valence-electron chi connectivity index (χ3n) is 4.70. The van der Waals surface area contributed by atoms with E-state index in [4.69, 9.17) is 4.74 Å². The first-order valence-corrected chi connectivity index (χ1v) is 11.9. The van der Waals surface area contributed by atoms with Gasteiger partial charge in [0.2, 0.25) is 15.9 Å². The molecule has 2 rings (SSSR count). The third kappa shape index (κ3) is 6.49. The summed E-state index contributed by atoms with van der Waals surface area (Å²) in [5.74, 6) is 0.379. The summed E-state index contributed by atoms with van der Waals surface area (Å²) >= 11 is 0. The summed E-state index contributed by atoms with van der Waals surface area (Å²) < 4.78 is 32.2. The Kier molecular flexibility index (Phi) is 7.89. The lowest BCUT2D eigenvalue weighted by Gasteiger charge is -2.31. The van der Waals surface area contributed by atoms with E-state index in [0.717, 1.165) is 28.7 Å². The Morgan fingerprint density at radius 3 is 2.10 bits per heavy atom. The van der Waals surface area contributed by atoms with E-state index in [1.807, 2.05) is 58.0 Å². The maximum atomic E-state index is 13.0. The predicted octanol–water partition coefficient (Wildman–Crippen LogP) is 3.74. The number of sulfonamides is 1. The molecule has 0 aromatic heterocycles. The first kappa shape index (κ1) is 23.7. The average Bonchev–Trinajstić information content (AvgIpc) is 2.63. The summed E-state index contributed by atoms with van der Waals surface area (Å²) in [5, 5.41) is 2.89. The molecule has 0 bridgehead atoms. The van der Waals surface area contributed by atoms with Crippen LogP contribution in [-0.2, 0) is 14.8 Å². The number of rotatable bonds is 9. The summed E-state index contributed by atoms with van der Waals surface area (Å²) in [7, 11) is -3.66. The molecule has 30 heavy (non-hydrogen) atoms. The Bertz CT molecular complexity index is 951. The van der Waals surface area contributed by atoms with Crippen molar-refractivity contribution in [2.45, 2.75) is 53.1 Å². The van der Waals surface area contributed by atoms with Crippen LogP contribution in [0.1, 0.15) is 37.0 Å². The van der Waals surface area contributed by atoms with Gasteiger partial charge in [0, 0.05) is 0 Å². The Morgan fingerprint density at radius 2 is 1.60 bits per heavy atom. The number of benzene rings is 2. The van der Waals surface area contributed by atoms with Crippen LogP contribution in [0.25, 0.3) is 0 Å². The number of carbonyl (C=O) groups excluding carboxylic acids is 1. The number of anilines is 1. The lowest BCUT2D eigenvalue weighted by molar-refractivity contribution is -0.123. The van der Waals surface area contributed by atoms with E-state index in [1.165, 1.54) is 4.31 Å². The Morgan fingerprint density at radius 1 is 1.03 bits per heavy atom. The van der Waals surface area contributed by atoms with Crippen molar-refractivity contribution in [3.63, 3.8) is 0 Å². The zero-order valence-electron chi connectivity index (χ0n) is 18.6. The van der Waals surface area contributed by atoms with Crippen LogP contribution in [0.4, 0.5) is 5.69 Å². The highest BCUT2D eigenvalue weighted by Crippen LogP contribution is 2.25. The van der Waals surface area contributed by atoms with Crippen molar-refractivity contribution in [2.75, 3.05) is 17.2 Å². The fourth-order valence-electron chi connectivity index (χ4n) is 3.37. The van der Waals surface area contributed by atoms with E-state index in [2.05, 4.69) is 5.32 Å². The lowest BCUT2D eigenvalue weighted by atomic mass is 10.1. The zero-order valence-corrected chi connectivity index (χ0v) is 19.4. The van der Waals surface area contributed by atoms with E-state index in [9.17, 15) is 13.2 Å². The summed E-state index contributed by atoms with van der Waals surface area (Å²) in [4.78, 5) is 13.0. The molecule has 164 valence electrons. The van der Waals surface area contributed by atoms with Gasteiger partial charge in [-0.25, -0.2) is 8.42 Å². The van der Waals surface area contributed by atoms with Gasteiger partial charge >= 0.3 is 0 Å². The van der Waals surface area contributed by atoms with Gasteiger partial charge in [0.1, 0.15) is 18.4 Å². The largest absolute Gasteiger partial charge is 0.491 e. The van der Waals surface area contributed by atoms with Crippen molar-refractivity contribution in [3.8, 4) is 5.75 Å². The lowest BCUT2D eigenvalue weighted by Crippen LogP contribution is -2.52. The Balaban J connectivity index is 2.15. The SMILES string of the molecule is CC[C@@H](C(=O)N[C@@H](C)COc1ccc(C)cc1)N(c1cc(C)cc(C)c1)S(C)(=O)=O. The number of carbonyl (C=O) groups is 1. The van der Waals surface area contributed by atoms with Crippen LogP contribution in [0.2, 0.25) is 0 Å². The van der Waals surface area contributed by atoms with Crippen LogP contribution >= 0.6 is 0 Å². The minimum absolute atomic E-state index is 0.284. The van der Waals surface area contributed by atoms with Gasteiger partial charge in [-0.3, -0.25) is 9.10 Å². The predicted molar refractivity (Wildman–Crippen MR) is 122 cm³/mol. The van der Waals surface area contributed by atoms with Crippen LogP contribution in [0.3, 0.4) is 0 Å². The number of hydrogen-bond donors (Lipinski definition) is 1. The van der Waals surface area contributed by atoms with Gasteiger partial charge in [-0.2, -0.15) is 0 Å². The number of nitrogens with zero attached hydrogens (tertiary/aromatic N) is 1. The molecule has 0 saturated carbocycles. The summed E-state index contributed by atoms with van der Waals surface area (Å²) in [6.07, 6.45) is 1.47. The number of amides is 1. The molecule has 0 aliphatic carbocycles. The molecule has 0 aliphatic rings. The van der Waals surface area contributed by atoms with Crippen molar-refractivity contribution in [1.82, 2.24) is 5.32 Å². The van der Waals surface area contributed by atoms with Crippen molar-refractivity contribution in [2.24, 2.45) is 0 Å². The van der Waals surface area contributed by atoms with Gasteiger partial charge in [0.15, 0.2) is 0 Å². The molecule has 0 spiro atoms. The summed E-state index contributed by atoms with van der Waals surface area (Å²) in [5.41, 5.74) is 3.52. The van der Waals surface area contributed by atoms with E-state index >= 15 is 0 Å². The minimum Gasteiger partial charge on any atom is -0.491 e. The molecule has 2 aromatic rings. The second-order valence-corrected chi connectivity index (χ2v) is 9.72. The number of ether oxygens (including phenoxy) is 1. The number of nitrogens with one attached hydrogen (secondary N) is 1. The second kappa shape index (κ2) is 9.98. The van der Waals surface area contributed by atoms with Gasteiger partial charge in [-0.15, -0.1) is 0 Å². The summed E-state index contributed by atoms with van der Waals surface area (Å²) in [6.45, 7) is 9.73. The molecular weight excluding hydrogens is 400 g/mol. The molecule has 6 nitrogen and oxygen atoms in total. The quantitative estimate of drug-likeness (QED) is 0.655. The molecule has 1 N–H and O–H groups in total. The molecule has 0 heterocycles. The standard InChI is InChI=1S/C23H32N2O4S/c1-7-22(25(30(6,27)28)20-13-17(3)12-18(4)14-20)23(26)24-19(5)15-29-21-10-8-16(2)9-11-21/h8-14,19,22H,7,15H2,1-6H3,(H,24,26)/t19-,22-/m0/s1. The smallest absolute Gasteiger partial charge is 0.244 e. The van der Waals surface area contributed by atoms with Crippen LogP contribution in [0, 0.1) is 20.8 Å². The Hall–Kier alpha value is -2.54. The molecular formula is C23H32N2O4S. The third-order valence-corrected chi connectivity index (χ3v) is 5.88. The minimum atomic E-state index is -3.66. The molecule has 0 saturated heterocycles. The first-order chi connectivity index (χ1) is 14.0. The second-order valence-electron chi connectivity index (χ2n) is 7.86. The van der Waals surface area contributed by atoms with Crippen molar-refractivity contribution >= 4 is 21.6 Å².